The van der Waals surface area contributed by atoms with Crippen LogP contribution in [0, 0.1) is 0 Å². The van der Waals surface area contributed by atoms with Gasteiger partial charge in [-0.25, -0.2) is 0 Å². The Kier molecular flexibility index (Phi) is 11.7. The first kappa shape index (κ1) is 22.4. The minimum Gasteiger partial charge on any atom is -0.481 e. The number of hydrogen-bond acceptors (Lipinski definition) is 3. The number of carbonyl (C=O) groups is 2. The van der Waals surface area contributed by atoms with Crippen LogP contribution in [0.4, 0.5) is 0 Å². The summed E-state index contributed by atoms with van der Waals surface area (Å²) in [6.45, 7) is 2.74. The lowest BCUT2D eigenvalue weighted by Gasteiger charge is -2.21. The van der Waals surface area contributed by atoms with Crippen LogP contribution in [0.25, 0.3) is 0 Å². The molecule has 1 fully saturated rings. The van der Waals surface area contributed by atoms with Crippen molar-refractivity contribution in [3.05, 3.63) is 24.3 Å². The fraction of sp³-hybridized carbons (Fsp3) is 0.714. The molecule has 148 valence electrons. The Morgan fingerprint density at radius 3 is 2.73 bits per heavy atom. The van der Waals surface area contributed by atoms with Gasteiger partial charge in [0.05, 0.1) is 12.1 Å². The molecule has 2 N–H and O–H groups in total. The van der Waals surface area contributed by atoms with E-state index in [1.807, 2.05) is 29.2 Å². The first-order valence-electron chi connectivity index (χ1n) is 10.1. The van der Waals surface area contributed by atoms with E-state index in [4.69, 9.17) is 5.11 Å². The molecule has 5 heteroatoms. The smallest absolute Gasteiger partial charge is 0.303 e. The summed E-state index contributed by atoms with van der Waals surface area (Å²) in [7, 11) is 0. The van der Waals surface area contributed by atoms with Gasteiger partial charge in [-0.3, -0.25) is 9.59 Å². The molecule has 26 heavy (non-hydrogen) atoms. The Morgan fingerprint density at radius 2 is 2.00 bits per heavy atom. The Balaban J connectivity index is 2.31. The van der Waals surface area contributed by atoms with Gasteiger partial charge in [-0.15, -0.1) is 0 Å². The molecule has 0 aromatic carbocycles. The molecule has 5 nitrogen and oxygen atoms in total. The van der Waals surface area contributed by atoms with Crippen LogP contribution in [-0.2, 0) is 9.59 Å². The molecule has 0 saturated carbocycles. The van der Waals surface area contributed by atoms with Gasteiger partial charge >= 0.3 is 5.97 Å². The lowest BCUT2D eigenvalue weighted by Crippen LogP contribution is -2.32. The quantitative estimate of drug-likeness (QED) is 0.359. The minimum atomic E-state index is -0.776. The number of nitrogens with zero attached hydrogens (tertiary/aromatic N) is 1. The SMILES string of the molecule is CCCCCCCC(O)/C=C/C1CCC(=O)N1C/C=C/CCCC(=O)O. The fourth-order valence-electron chi connectivity index (χ4n) is 3.18. The zero-order valence-corrected chi connectivity index (χ0v) is 16.1. The van der Waals surface area contributed by atoms with Crippen molar-refractivity contribution < 1.29 is 19.8 Å². The van der Waals surface area contributed by atoms with Crippen molar-refractivity contribution in [2.24, 2.45) is 0 Å². The van der Waals surface area contributed by atoms with Crippen LogP contribution < -0.4 is 0 Å². The van der Waals surface area contributed by atoms with Crippen LogP contribution in [-0.4, -0.2) is 45.7 Å². The van der Waals surface area contributed by atoms with Crippen molar-refractivity contribution in [1.82, 2.24) is 4.90 Å². The number of unbranched alkanes of at least 4 members (excludes halogenated alkanes) is 5. The summed E-state index contributed by atoms with van der Waals surface area (Å²) in [5, 5.41) is 18.7. The summed E-state index contributed by atoms with van der Waals surface area (Å²) in [6.07, 6.45) is 16.8. The average Bonchev–Trinajstić information content (AvgIpc) is 2.95. The second-order valence-corrected chi connectivity index (χ2v) is 7.06. The predicted octanol–water partition coefficient (Wildman–Crippen LogP) is 4.07. The number of allylic oxidation sites excluding steroid dienone is 1. The molecule has 0 aliphatic carbocycles. The third-order valence-electron chi connectivity index (χ3n) is 4.76. The van der Waals surface area contributed by atoms with Crippen molar-refractivity contribution >= 4 is 11.9 Å². The van der Waals surface area contributed by atoms with Gasteiger partial charge in [-0.1, -0.05) is 63.3 Å². The highest BCUT2D eigenvalue weighted by Gasteiger charge is 2.27. The first-order chi connectivity index (χ1) is 12.5. The fourth-order valence-corrected chi connectivity index (χ4v) is 3.18. The first-order valence-corrected chi connectivity index (χ1v) is 10.1. The lowest BCUT2D eigenvalue weighted by molar-refractivity contribution is -0.137. The van der Waals surface area contributed by atoms with Crippen LogP contribution in [0.15, 0.2) is 24.3 Å². The summed E-state index contributed by atoms with van der Waals surface area (Å²) in [5.41, 5.74) is 0. The number of aliphatic hydroxyl groups is 1. The Labute approximate surface area is 157 Å². The Morgan fingerprint density at radius 1 is 1.23 bits per heavy atom. The van der Waals surface area contributed by atoms with E-state index in [1.54, 1.807) is 0 Å². The van der Waals surface area contributed by atoms with E-state index >= 15 is 0 Å². The Hall–Kier alpha value is -1.62. The number of rotatable bonds is 14. The molecule has 2 atom stereocenters. The van der Waals surface area contributed by atoms with Gasteiger partial charge in [0, 0.05) is 19.4 Å². The van der Waals surface area contributed by atoms with E-state index in [1.165, 1.54) is 25.7 Å². The number of carboxylic acid groups (broad SMARTS) is 1. The van der Waals surface area contributed by atoms with Gasteiger partial charge in [0.2, 0.25) is 5.91 Å². The molecule has 0 aromatic heterocycles. The summed E-state index contributed by atoms with van der Waals surface area (Å²) in [4.78, 5) is 24.3. The summed E-state index contributed by atoms with van der Waals surface area (Å²) in [5.74, 6) is -0.633. The number of amides is 1. The summed E-state index contributed by atoms with van der Waals surface area (Å²) < 4.78 is 0. The second kappa shape index (κ2) is 13.6. The van der Waals surface area contributed by atoms with E-state index in [2.05, 4.69) is 6.92 Å². The van der Waals surface area contributed by atoms with Crippen LogP contribution in [0.1, 0.15) is 77.6 Å². The maximum absolute atomic E-state index is 12.0. The monoisotopic (exact) mass is 365 g/mol. The average molecular weight is 366 g/mol. The second-order valence-electron chi connectivity index (χ2n) is 7.06. The van der Waals surface area contributed by atoms with E-state index in [0.29, 0.717) is 25.8 Å². The van der Waals surface area contributed by atoms with Crippen LogP contribution >= 0.6 is 0 Å². The van der Waals surface area contributed by atoms with Crippen molar-refractivity contribution in [2.45, 2.75) is 89.7 Å². The zero-order valence-electron chi connectivity index (χ0n) is 16.1. The van der Waals surface area contributed by atoms with E-state index < -0.39 is 12.1 Å². The molecule has 0 bridgehead atoms. The number of carboxylic acids is 1. The van der Waals surface area contributed by atoms with Crippen molar-refractivity contribution in [1.29, 1.82) is 0 Å². The van der Waals surface area contributed by atoms with Gasteiger partial charge in [0.1, 0.15) is 0 Å². The third-order valence-corrected chi connectivity index (χ3v) is 4.76. The Bertz CT molecular complexity index is 473. The summed E-state index contributed by atoms with van der Waals surface area (Å²) >= 11 is 0. The van der Waals surface area contributed by atoms with E-state index in [9.17, 15) is 14.7 Å². The van der Waals surface area contributed by atoms with Crippen molar-refractivity contribution in [3.63, 3.8) is 0 Å². The van der Waals surface area contributed by atoms with Crippen LogP contribution in [0.5, 0.6) is 0 Å². The van der Waals surface area contributed by atoms with Crippen LogP contribution in [0.3, 0.4) is 0 Å². The standard InChI is InChI=1S/C21H35NO4/c1-2-3-4-5-8-11-19(23)15-13-18-14-16-20(24)22(18)17-10-7-6-9-12-21(25)26/h7,10,13,15,18-19,23H,2-6,8-9,11-12,14,16-17H2,1H3,(H,25,26)/b10-7+,15-13+. The van der Waals surface area contributed by atoms with Gasteiger partial charge in [-0.2, -0.15) is 0 Å². The number of aliphatic carboxylic acids is 1. The molecule has 1 rings (SSSR count). The molecular weight excluding hydrogens is 330 g/mol. The molecule has 1 heterocycles. The van der Waals surface area contributed by atoms with E-state index in [0.717, 1.165) is 19.3 Å². The van der Waals surface area contributed by atoms with Gasteiger partial charge < -0.3 is 15.1 Å². The maximum atomic E-state index is 12.0. The van der Waals surface area contributed by atoms with Gasteiger partial charge in [-0.05, 0) is 25.7 Å². The highest BCUT2D eigenvalue weighted by atomic mass is 16.4. The molecule has 2 unspecified atom stereocenters. The molecule has 1 saturated heterocycles. The van der Waals surface area contributed by atoms with Crippen molar-refractivity contribution in [2.75, 3.05) is 6.54 Å². The number of hydrogen-bond donors (Lipinski definition) is 2. The van der Waals surface area contributed by atoms with E-state index in [-0.39, 0.29) is 18.4 Å². The number of carbonyl (C=O) groups excluding carboxylic acids is 1. The molecule has 1 aliphatic heterocycles. The third kappa shape index (κ3) is 9.76. The normalized spacial score (nSPS) is 19.1. The summed E-state index contributed by atoms with van der Waals surface area (Å²) in [6, 6.07) is 0.0564. The minimum absolute atomic E-state index is 0.0564. The molecule has 1 aliphatic rings. The maximum Gasteiger partial charge on any atom is 0.303 e. The van der Waals surface area contributed by atoms with Gasteiger partial charge in [0.15, 0.2) is 0 Å². The highest BCUT2D eigenvalue weighted by molar-refractivity contribution is 5.79. The largest absolute Gasteiger partial charge is 0.481 e. The lowest BCUT2D eigenvalue weighted by atomic mass is 10.1. The zero-order chi connectivity index (χ0) is 19.2. The number of aliphatic hydroxyl groups excluding tert-OH is 1. The van der Waals surface area contributed by atoms with Crippen LogP contribution in [0.2, 0.25) is 0 Å². The molecule has 0 aromatic rings. The topological polar surface area (TPSA) is 77.8 Å². The van der Waals surface area contributed by atoms with Crippen molar-refractivity contribution in [3.8, 4) is 0 Å². The number of likely N-dealkylation sites (tertiary alicyclic amines) is 1. The predicted molar refractivity (Wildman–Crippen MR) is 104 cm³/mol. The molecule has 0 spiro atoms. The van der Waals surface area contributed by atoms with Gasteiger partial charge in [0.25, 0.3) is 0 Å². The molecule has 1 amide bonds. The molecular formula is C21H35NO4. The molecule has 0 radical (unpaired) electrons. The highest BCUT2D eigenvalue weighted by Crippen LogP contribution is 2.20.